The highest BCUT2D eigenvalue weighted by Gasteiger charge is 2.17. The molecule has 7 heteroatoms. The van der Waals surface area contributed by atoms with Gasteiger partial charge in [-0.25, -0.2) is 0 Å². The lowest BCUT2D eigenvalue weighted by Gasteiger charge is -2.16. The van der Waals surface area contributed by atoms with Gasteiger partial charge < -0.3 is 10.2 Å². The molecule has 0 spiro atoms. The molecule has 0 saturated carbocycles. The lowest BCUT2D eigenvalue weighted by atomic mass is 10.1. The largest absolute Gasteiger partial charge is 0.480 e. The molecule has 0 aliphatic carbocycles. The van der Waals surface area contributed by atoms with Crippen molar-refractivity contribution in [2.24, 2.45) is 0 Å². The Balaban J connectivity index is 2.55. The number of carbonyl (C=O) groups is 3. The standard InChI is InChI=1S/C12H14N2O5/c15-10(4-9-2-1-3-13-5-9)6-14(7-11(16)17)8-12(18)19/h1-3,5H,4,6-8H2,(H,16,17)(H,18,19). The highest BCUT2D eigenvalue weighted by atomic mass is 16.4. The van der Waals surface area contributed by atoms with Crippen molar-refractivity contribution in [3.63, 3.8) is 0 Å². The van der Waals surface area contributed by atoms with Gasteiger partial charge in [0.1, 0.15) is 0 Å². The molecule has 1 aromatic heterocycles. The zero-order chi connectivity index (χ0) is 14.3. The molecule has 0 aliphatic heterocycles. The van der Waals surface area contributed by atoms with E-state index in [9.17, 15) is 14.4 Å². The van der Waals surface area contributed by atoms with Crippen LogP contribution in [-0.2, 0) is 20.8 Å². The molecule has 0 bridgehead atoms. The molecule has 102 valence electrons. The Morgan fingerprint density at radius 3 is 2.21 bits per heavy atom. The monoisotopic (exact) mass is 266 g/mol. The van der Waals surface area contributed by atoms with Gasteiger partial charge in [-0.1, -0.05) is 6.07 Å². The van der Waals surface area contributed by atoms with Gasteiger partial charge in [0.25, 0.3) is 0 Å². The van der Waals surface area contributed by atoms with E-state index in [1.54, 1.807) is 18.3 Å². The highest BCUT2D eigenvalue weighted by Crippen LogP contribution is 1.99. The summed E-state index contributed by atoms with van der Waals surface area (Å²) in [5.74, 6) is -2.60. The van der Waals surface area contributed by atoms with E-state index in [4.69, 9.17) is 10.2 Å². The maximum absolute atomic E-state index is 11.7. The van der Waals surface area contributed by atoms with Crippen LogP contribution in [0.3, 0.4) is 0 Å². The Hall–Kier alpha value is -2.28. The third kappa shape index (κ3) is 6.27. The van der Waals surface area contributed by atoms with Gasteiger partial charge in [-0.2, -0.15) is 0 Å². The van der Waals surface area contributed by atoms with Crippen molar-refractivity contribution in [2.45, 2.75) is 6.42 Å². The molecule has 1 aromatic rings. The van der Waals surface area contributed by atoms with Crippen LogP contribution >= 0.6 is 0 Å². The quantitative estimate of drug-likeness (QED) is 0.663. The van der Waals surface area contributed by atoms with E-state index in [1.165, 1.54) is 6.20 Å². The molecule has 1 heterocycles. The van der Waals surface area contributed by atoms with Crippen molar-refractivity contribution in [3.8, 4) is 0 Å². The molecule has 0 fully saturated rings. The predicted octanol–water partition coefficient (Wildman–Crippen LogP) is -0.336. The number of carbonyl (C=O) groups excluding carboxylic acids is 1. The lowest BCUT2D eigenvalue weighted by Crippen LogP contribution is -2.38. The minimum absolute atomic E-state index is 0.101. The van der Waals surface area contributed by atoms with Crippen molar-refractivity contribution in [1.82, 2.24) is 9.88 Å². The first kappa shape index (κ1) is 14.8. The number of aliphatic carboxylic acids is 2. The zero-order valence-corrected chi connectivity index (χ0v) is 10.2. The first-order valence-corrected chi connectivity index (χ1v) is 5.54. The van der Waals surface area contributed by atoms with Gasteiger partial charge in [0.05, 0.1) is 19.6 Å². The van der Waals surface area contributed by atoms with Crippen molar-refractivity contribution in [3.05, 3.63) is 30.1 Å². The van der Waals surface area contributed by atoms with Crippen LogP contribution in [0, 0.1) is 0 Å². The highest BCUT2D eigenvalue weighted by molar-refractivity contribution is 5.84. The van der Waals surface area contributed by atoms with Crippen molar-refractivity contribution >= 4 is 17.7 Å². The van der Waals surface area contributed by atoms with Gasteiger partial charge in [0.2, 0.25) is 0 Å². The summed E-state index contributed by atoms with van der Waals surface area (Å²) < 4.78 is 0. The Labute approximate surface area is 109 Å². The van der Waals surface area contributed by atoms with Gasteiger partial charge in [-0.15, -0.1) is 0 Å². The summed E-state index contributed by atoms with van der Waals surface area (Å²) in [6.45, 7) is -1.18. The Morgan fingerprint density at radius 2 is 1.74 bits per heavy atom. The Morgan fingerprint density at radius 1 is 1.11 bits per heavy atom. The first-order valence-electron chi connectivity index (χ1n) is 5.54. The smallest absolute Gasteiger partial charge is 0.317 e. The van der Waals surface area contributed by atoms with E-state index in [0.29, 0.717) is 5.56 Å². The van der Waals surface area contributed by atoms with Crippen LogP contribution < -0.4 is 0 Å². The molecule has 1 rings (SSSR count). The van der Waals surface area contributed by atoms with Crippen LogP contribution in [0.4, 0.5) is 0 Å². The number of carboxylic acid groups (broad SMARTS) is 2. The Bertz CT molecular complexity index is 444. The molecule has 0 amide bonds. The summed E-state index contributed by atoms with van der Waals surface area (Å²) in [5, 5.41) is 17.3. The molecule has 7 nitrogen and oxygen atoms in total. The number of pyridine rings is 1. The molecule has 0 radical (unpaired) electrons. The van der Waals surface area contributed by atoms with Crippen LogP contribution in [0.25, 0.3) is 0 Å². The van der Waals surface area contributed by atoms with Crippen LogP contribution in [0.15, 0.2) is 24.5 Å². The fourth-order valence-corrected chi connectivity index (χ4v) is 1.59. The molecule has 19 heavy (non-hydrogen) atoms. The maximum atomic E-state index is 11.7. The third-order valence-electron chi connectivity index (χ3n) is 2.24. The fraction of sp³-hybridized carbons (Fsp3) is 0.333. The van der Waals surface area contributed by atoms with E-state index >= 15 is 0 Å². The number of hydrogen-bond donors (Lipinski definition) is 2. The van der Waals surface area contributed by atoms with Crippen molar-refractivity contribution in [2.75, 3.05) is 19.6 Å². The summed E-state index contributed by atoms with van der Waals surface area (Å²) in [4.78, 5) is 37.8. The zero-order valence-electron chi connectivity index (χ0n) is 10.2. The van der Waals surface area contributed by atoms with Crippen LogP contribution in [0.2, 0.25) is 0 Å². The summed E-state index contributed by atoms with van der Waals surface area (Å²) in [7, 11) is 0. The average Bonchev–Trinajstić information content (AvgIpc) is 2.27. The number of carboxylic acids is 2. The van der Waals surface area contributed by atoms with Crippen molar-refractivity contribution < 1.29 is 24.6 Å². The van der Waals surface area contributed by atoms with E-state index in [1.807, 2.05) is 0 Å². The lowest BCUT2D eigenvalue weighted by molar-refractivity contribution is -0.142. The molecule has 0 aromatic carbocycles. The molecule has 0 unspecified atom stereocenters. The van der Waals surface area contributed by atoms with E-state index in [2.05, 4.69) is 4.98 Å². The minimum atomic E-state index is -1.17. The second-order valence-corrected chi connectivity index (χ2v) is 4.01. The molecule has 0 aliphatic rings. The number of Topliss-reactive ketones (excluding diaryl/α,β-unsaturated/α-hetero) is 1. The molecule has 0 atom stereocenters. The maximum Gasteiger partial charge on any atom is 0.317 e. The van der Waals surface area contributed by atoms with E-state index in [-0.39, 0.29) is 18.7 Å². The van der Waals surface area contributed by atoms with Crippen LogP contribution in [-0.4, -0.2) is 57.5 Å². The van der Waals surface area contributed by atoms with E-state index in [0.717, 1.165) is 4.90 Å². The van der Waals surface area contributed by atoms with Gasteiger partial charge >= 0.3 is 11.9 Å². The second kappa shape index (κ2) is 7.22. The molecule has 2 N–H and O–H groups in total. The predicted molar refractivity (Wildman–Crippen MR) is 64.7 cm³/mol. The van der Waals surface area contributed by atoms with Crippen LogP contribution in [0.5, 0.6) is 0 Å². The number of aromatic nitrogens is 1. The average molecular weight is 266 g/mol. The number of nitrogens with zero attached hydrogens (tertiary/aromatic N) is 2. The molecular weight excluding hydrogens is 252 g/mol. The van der Waals surface area contributed by atoms with Gasteiger partial charge in [-0.3, -0.25) is 24.3 Å². The Kier molecular flexibility index (Phi) is 5.62. The summed E-state index contributed by atoms with van der Waals surface area (Å²) in [5.41, 5.74) is 0.707. The first-order chi connectivity index (χ1) is 8.97. The van der Waals surface area contributed by atoms with Crippen molar-refractivity contribution in [1.29, 1.82) is 0 Å². The topological polar surface area (TPSA) is 108 Å². The van der Waals surface area contributed by atoms with Gasteiger partial charge in [0.15, 0.2) is 5.78 Å². The fourth-order valence-electron chi connectivity index (χ4n) is 1.59. The normalized spacial score (nSPS) is 10.4. The summed E-state index contributed by atoms with van der Waals surface area (Å²) in [6.07, 6.45) is 3.22. The summed E-state index contributed by atoms with van der Waals surface area (Å²) in [6, 6.07) is 3.42. The number of rotatable bonds is 8. The van der Waals surface area contributed by atoms with Gasteiger partial charge in [0, 0.05) is 18.8 Å². The number of ketones is 1. The molecule has 0 saturated heterocycles. The SMILES string of the molecule is O=C(O)CN(CC(=O)O)CC(=O)Cc1cccnc1. The second-order valence-electron chi connectivity index (χ2n) is 4.01. The molecular formula is C12H14N2O5. The summed E-state index contributed by atoms with van der Waals surface area (Å²) >= 11 is 0. The van der Waals surface area contributed by atoms with E-state index < -0.39 is 25.0 Å². The third-order valence-corrected chi connectivity index (χ3v) is 2.24. The van der Waals surface area contributed by atoms with Gasteiger partial charge in [-0.05, 0) is 11.6 Å². The minimum Gasteiger partial charge on any atom is -0.480 e. The van der Waals surface area contributed by atoms with Crippen LogP contribution in [0.1, 0.15) is 5.56 Å². The number of hydrogen-bond acceptors (Lipinski definition) is 5.